The van der Waals surface area contributed by atoms with Crippen molar-refractivity contribution in [3.05, 3.63) is 29.3 Å². The van der Waals surface area contributed by atoms with Gasteiger partial charge in [-0.25, -0.2) is 0 Å². The van der Waals surface area contributed by atoms with Crippen LogP contribution in [0.3, 0.4) is 0 Å². The molecule has 2 heterocycles. The number of hydrogen-bond donors (Lipinski definition) is 0. The molecule has 5 nitrogen and oxygen atoms in total. The molecule has 2 saturated heterocycles. The van der Waals surface area contributed by atoms with Crippen LogP contribution in [0, 0.1) is 0 Å². The van der Waals surface area contributed by atoms with E-state index in [1.54, 1.807) is 0 Å². The Labute approximate surface area is 156 Å². The average molecular weight is 358 g/mol. The highest BCUT2D eigenvalue weighted by Crippen LogP contribution is 2.26. The Balaban J connectivity index is 1.30. The Morgan fingerprint density at radius 1 is 1.08 bits per heavy atom. The van der Waals surface area contributed by atoms with Crippen LogP contribution in [0.5, 0.6) is 5.75 Å². The quantitative estimate of drug-likeness (QED) is 0.810. The topological polar surface area (TPSA) is 42.0 Å². The summed E-state index contributed by atoms with van der Waals surface area (Å²) in [4.78, 5) is 17.2. The number of carbonyl (C=O) groups is 1. The van der Waals surface area contributed by atoms with Crippen LogP contribution in [0.2, 0.25) is 0 Å². The maximum absolute atomic E-state index is 12.7. The van der Waals surface area contributed by atoms with Crippen molar-refractivity contribution >= 4 is 5.91 Å². The summed E-state index contributed by atoms with van der Waals surface area (Å²) in [6.07, 6.45) is 7.04. The normalized spacial score (nSPS) is 23.7. The molecule has 2 fully saturated rings. The Kier molecular flexibility index (Phi) is 5.75. The molecule has 0 radical (unpaired) electrons. The van der Waals surface area contributed by atoms with Gasteiger partial charge in [-0.1, -0.05) is 6.07 Å². The highest BCUT2D eigenvalue weighted by atomic mass is 16.5. The van der Waals surface area contributed by atoms with E-state index in [4.69, 9.17) is 9.47 Å². The molecule has 0 aromatic heterocycles. The van der Waals surface area contributed by atoms with Crippen LogP contribution >= 0.6 is 0 Å². The monoisotopic (exact) mass is 358 g/mol. The lowest BCUT2D eigenvalue weighted by atomic mass is 9.92. The fourth-order valence-electron chi connectivity index (χ4n) is 4.46. The standard InChI is InChI=1S/C21H30N2O3/c24-21(16-26-20-8-7-17-4-1-2-5-18(17)14-20)23-9-3-6-19(23)15-22-10-12-25-13-11-22/h7-8,14,19H,1-6,9-13,15-16H2. The SMILES string of the molecule is O=C(COc1ccc2c(c1)CCCC2)N1CCCC1CN1CCOCC1. The van der Waals surface area contributed by atoms with Crippen LogP contribution < -0.4 is 4.74 Å². The highest BCUT2D eigenvalue weighted by molar-refractivity contribution is 5.78. The first kappa shape index (κ1) is 17.8. The van der Waals surface area contributed by atoms with E-state index in [-0.39, 0.29) is 12.5 Å². The summed E-state index contributed by atoms with van der Waals surface area (Å²) >= 11 is 0. The van der Waals surface area contributed by atoms with Crippen LogP contribution in [-0.2, 0) is 22.4 Å². The predicted molar refractivity (Wildman–Crippen MR) is 101 cm³/mol. The summed E-state index contributed by atoms with van der Waals surface area (Å²) in [7, 11) is 0. The molecule has 1 amide bonds. The van der Waals surface area contributed by atoms with Crippen LogP contribution in [-0.4, -0.2) is 67.7 Å². The van der Waals surface area contributed by atoms with Gasteiger partial charge in [-0.05, 0) is 61.8 Å². The largest absolute Gasteiger partial charge is 0.484 e. The number of rotatable bonds is 5. The van der Waals surface area contributed by atoms with Crippen LogP contribution in [0.1, 0.15) is 36.8 Å². The third-order valence-electron chi connectivity index (χ3n) is 5.95. The molecular weight excluding hydrogens is 328 g/mol. The number of likely N-dealkylation sites (tertiary alicyclic amines) is 1. The fraction of sp³-hybridized carbons (Fsp3) is 0.667. The van der Waals surface area contributed by atoms with Crippen molar-refractivity contribution in [3.8, 4) is 5.75 Å². The van der Waals surface area contributed by atoms with Crippen molar-refractivity contribution in [2.75, 3.05) is 46.0 Å². The van der Waals surface area contributed by atoms with E-state index in [0.717, 1.165) is 64.4 Å². The smallest absolute Gasteiger partial charge is 0.260 e. The second kappa shape index (κ2) is 8.40. The van der Waals surface area contributed by atoms with Crippen LogP contribution in [0.25, 0.3) is 0 Å². The summed E-state index contributed by atoms with van der Waals surface area (Å²) in [5.41, 5.74) is 2.84. The minimum Gasteiger partial charge on any atom is -0.484 e. The zero-order chi connectivity index (χ0) is 17.8. The number of carbonyl (C=O) groups excluding carboxylic acids is 1. The fourth-order valence-corrected chi connectivity index (χ4v) is 4.46. The first-order valence-corrected chi connectivity index (χ1v) is 10.1. The maximum atomic E-state index is 12.7. The molecule has 0 bridgehead atoms. The number of fused-ring (bicyclic) bond motifs is 1. The molecule has 1 aromatic carbocycles. The third-order valence-corrected chi connectivity index (χ3v) is 5.95. The number of benzene rings is 1. The lowest BCUT2D eigenvalue weighted by Gasteiger charge is -2.32. The molecule has 142 valence electrons. The summed E-state index contributed by atoms with van der Waals surface area (Å²) < 4.78 is 11.3. The van der Waals surface area contributed by atoms with Gasteiger partial charge in [0, 0.05) is 32.2 Å². The van der Waals surface area contributed by atoms with Crippen molar-refractivity contribution in [1.29, 1.82) is 0 Å². The van der Waals surface area contributed by atoms with Crippen molar-refractivity contribution in [2.24, 2.45) is 0 Å². The second-order valence-corrected chi connectivity index (χ2v) is 7.72. The molecule has 0 N–H and O–H groups in total. The first-order valence-electron chi connectivity index (χ1n) is 10.1. The van der Waals surface area contributed by atoms with Crippen molar-refractivity contribution in [3.63, 3.8) is 0 Å². The van der Waals surface area contributed by atoms with E-state index >= 15 is 0 Å². The maximum Gasteiger partial charge on any atom is 0.260 e. The van der Waals surface area contributed by atoms with Crippen LogP contribution in [0.4, 0.5) is 0 Å². The van der Waals surface area contributed by atoms with Gasteiger partial charge in [-0.15, -0.1) is 0 Å². The molecule has 1 aromatic rings. The van der Waals surface area contributed by atoms with E-state index in [1.165, 1.54) is 30.4 Å². The van der Waals surface area contributed by atoms with Gasteiger partial charge in [-0.3, -0.25) is 9.69 Å². The molecule has 4 rings (SSSR count). The van der Waals surface area contributed by atoms with Gasteiger partial charge in [0.15, 0.2) is 6.61 Å². The van der Waals surface area contributed by atoms with Gasteiger partial charge in [0.05, 0.1) is 13.2 Å². The van der Waals surface area contributed by atoms with E-state index in [0.29, 0.717) is 6.04 Å². The Hall–Kier alpha value is -1.59. The van der Waals surface area contributed by atoms with E-state index in [2.05, 4.69) is 17.0 Å². The highest BCUT2D eigenvalue weighted by Gasteiger charge is 2.30. The van der Waals surface area contributed by atoms with Gasteiger partial charge >= 0.3 is 0 Å². The number of amides is 1. The molecule has 1 aliphatic carbocycles. The van der Waals surface area contributed by atoms with E-state index < -0.39 is 0 Å². The molecule has 5 heteroatoms. The van der Waals surface area contributed by atoms with Gasteiger partial charge in [0.1, 0.15) is 5.75 Å². The summed E-state index contributed by atoms with van der Waals surface area (Å²) in [6, 6.07) is 6.65. The van der Waals surface area contributed by atoms with Crippen molar-refractivity contribution in [1.82, 2.24) is 9.80 Å². The average Bonchev–Trinajstić information content (AvgIpc) is 3.15. The van der Waals surface area contributed by atoms with Crippen LogP contribution in [0.15, 0.2) is 18.2 Å². The van der Waals surface area contributed by atoms with Gasteiger partial charge < -0.3 is 14.4 Å². The van der Waals surface area contributed by atoms with Crippen molar-refractivity contribution < 1.29 is 14.3 Å². The molecular formula is C21H30N2O3. The summed E-state index contributed by atoms with van der Waals surface area (Å²) in [5.74, 6) is 0.960. The Morgan fingerprint density at radius 2 is 1.88 bits per heavy atom. The zero-order valence-corrected chi connectivity index (χ0v) is 15.6. The lowest BCUT2D eigenvalue weighted by Crippen LogP contribution is -2.47. The van der Waals surface area contributed by atoms with Crippen molar-refractivity contribution in [2.45, 2.75) is 44.6 Å². The van der Waals surface area contributed by atoms with E-state index in [1.807, 2.05) is 11.0 Å². The minimum atomic E-state index is 0.124. The third kappa shape index (κ3) is 4.21. The molecule has 0 saturated carbocycles. The van der Waals surface area contributed by atoms with Gasteiger partial charge in [0.25, 0.3) is 5.91 Å². The Bertz CT molecular complexity index is 628. The molecule has 3 aliphatic rings. The molecule has 0 spiro atoms. The number of aryl methyl sites for hydroxylation is 2. The predicted octanol–water partition coefficient (Wildman–Crippen LogP) is 2.27. The minimum absolute atomic E-state index is 0.124. The molecule has 1 atom stereocenters. The van der Waals surface area contributed by atoms with Gasteiger partial charge in [0.2, 0.25) is 0 Å². The second-order valence-electron chi connectivity index (χ2n) is 7.72. The zero-order valence-electron chi connectivity index (χ0n) is 15.6. The summed E-state index contributed by atoms with van der Waals surface area (Å²) in [5, 5.41) is 0. The number of ether oxygens (including phenoxy) is 2. The van der Waals surface area contributed by atoms with Gasteiger partial charge in [-0.2, -0.15) is 0 Å². The molecule has 26 heavy (non-hydrogen) atoms. The summed E-state index contributed by atoms with van der Waals surface area (Å²) in [6.45, 7) is 5.55. The number of morpholine rings is 1. The van der Waals surface area contributed by atoms with E-state index in [9.17, 15) is 4.79 Å². The Morgan fingerprint density at radius 3 is 2.73 bits per heavy atom. The molecule has 1 unspecified atom stereocenters. The number of nitrogens with zero attached hydrogens (tertiary/aromatic N) is 2. The number of hydrogen-bond acceptors (Lipinski definition) is 4. The first-order chi connectivity index (χ1) is 12.8. The molecule has 2 aliphatic heterocycles. The lowest BCUT2D eigenvalue weighted by molar-refractivity contribution is -0.134.